The molecule has 0 spiro atoms. The molecule has 0 bridgehead atoms. The fourth-order valence-electron chi connectivity index (χ4n) is 1.56. The maximum Gasteiger partial charge on any atom is 0.320 e. The van der Waals surface area contributed by atoms with E-state index in [4.69, 9.17) is 15.6 Å². The smallest absolute Gasteiger partial charge is 0.320 e. The molecule has 0 aliphatic rings. The molecule has 2 aromatic rings. The van der Waals surface area contributed by atoms with Gasteiger partial charge in [-0.2, -0.15) is 0 Å². The third-order valence-corrected chi connectivity index (χ3v) is 2.47. The van der Waals surface area contributed by atoms with E-state index in [0.717, 1.165) is 16.8 Å². The van der Waals surface area contributed by atoms with Crippen LogP contribution in [0.1, 0.15) is 5.82 Å². The highest BCUT2D eigenvalue weighted by Crippen LogP contribution is 2.18. The summed E-state index contributed by atoms with van der Waals surface area (Å²) in [4.78, 5) is 17.9. The summed E-state index contributed by atoms with van der Waals surface area (Å²) in [6, 6.07) is 4.46. The van der Waals surface area contributed by atoms with Crippen LogP contribution in [0.25, 0.3) is 11.0 Å². The van der Waals surface area contributed by atoms with Crippen molar-refractivity contribution in [3.05, 3.63) is 24.0 Å². The number of hydrogen-bond acceptors (Lipinski definition) is 4. The molecule has 0 saturated heterocycles. The highest BCUT2D eigenvalue weighted by molar-refractivity contribution is 5.77. The van der Waals surface area contributed by atoms with Crippen molar-refractivity contribution in [1.29, 1.82) is 0 Å². The number of aromatic nitrogens is 2. The molecule has 1 heterocycles. The Bertz CT molecular complexity index is 550. The number of fused-ring (bicyclic) bond motifs is 1. The Balaban J connectivity index is 2.28. The van der Waals surface area contributed by atoms with Gasteiger partial charge >= 0.3 is 5.97 Å². The van der Waals surface area contributed by atoms with Crippen LogP contribution in [0.15, 0.2) is 18.2 Å². The van der Waals surface area contributed by atoms with Crippen LogP contribution in [-0.4, -0.2) is 34.2 Å². The Morgan fingerprint density at radius 3 is 3.06 bits per heavy atom. The number of aliphatic carboxylic acids is 1. The van der Waals surface area contributed by atoms with Crippen LogP contribution in [-0.2, 0) is 11.2 Å². The first-order valence-electron chi connectivity index (χ1n) is 5.11. The Morgan fingerprint density at radius 1 is 1.65 bits per heavy atom. The summed E-state index contributed by atoms with van der Waals surface area (Å²) in [7, 11) is 1.58. The number of nitrogens with two attached hydrogens (primary N) is 1. The Hall–Kier alpha value is -2.08. The van der Waals surface area contributed by atoms with Crippen LogP contribution in [0, 0.1) is 0 Å². The minimum Gasteiger partial charge on any atom is -0.497 e. The Labute approximate surface area is 97.4 Å². The lowest BCUT2D eigenvalue weighted by Crippen LogP contribution is -2.32. The van der Waals surface area contributed by atoms with Crippen LogP contribution in [0.4, 0.5) is 0 Å². The summed E-state index contributed by atoms with van der Waals surface area (Å²) in [5, 5.41) is 8.71. The molecule has 0 saturated carbocycles. The highest BCUT2D eigenvalue weighted by Gasteiger charge is 2.14. The number of imidazole rings is 1. The standard InChI is InChI=1S/C11H13N3O3/c1-17-6-2-3-8-9(4-6)14-10(13-8)5-7(12)11(15)16/h2-4,7H,5,12H2,1H3,(H,13,14)(H,15,16). The minimum absolute atomic E-state index is 0.173. The fraction of sp³-hybridized carbons (Fsp3) is 0.273. The van der Waals surface area contributed by atoms with Crippen molar-refractivity contribution in [3.63, 3.8) is 0 Å². The van der Waals surface area contributed by atoms with E-state index >= 15 is 0 Å². The van der Waals surface area contributed by atoms with Crippen LogP contribution in [0.3, 0.4) is 0 Å². The van der Waals surface area contributed by atoms with Gasteiger partial charge in [0.05, 0.1) is 18.1 Å². The lowest BCUT2D eigenvalue weighted by molar-refractivity contribution is -0.138. The average Bonchev–Trinajstić information content (AvgIpc) is 2.69. The monoisotopic (exact) mass is 235 g/mol. The van der Waals surface area contributed by atoms with E-state index < -0.39 is 12.0 Å². The third-order valence-electron chi connectivity index (χ3n) is 2.47. The number of rotatable bonds is 4. The zero-order valence-corrected chi connectivity index (χ0v) is 9.30. The van der Waals surface area contributed by atoms with Gasteiger partial charge in [-0.05, 0) is 12.1 Å². The lowest BCUT2D eigenvalue weighted by Gasteiger charge is -2.01. The molecule has 1 aromatic heterocycles. The summed E-state index contributed by atoms with van der Waals surface area (Å²) < 4.78 is 5.08. The largest absolute Gasteiger partial charge is 0.497 e. The van der Waals surface area contributed by atoms with Crippen molar-refractivity contribution in [2.45, 2.75) is 12.5 Å². The summed E-state index contributed by atoms with van der Waals surface area (Å²) in [6.07, 6.45) is 0.173. The number of nitrogens with zero attached hydrogens (tertiary/aromatic N) is 1. The number of methoxy groups -OCH3 is 1. The summed E-state index contributed by atoms with van der Waals surface area (Å²) >= 11 is 0. The first-order chi connectivity index (χ1) is 8.10. The van der Waals surface area contributed by atoms with Crippen LogP contribution < -0.4 is 10.5 Å². The molecule has 90 valence electrons. The van der Waals surface area contributed by atoms with E-state index in [9.17, 15) is 4.79 Å². The predicted octanol–water partition coefficient (Wildman–Crippen LogP) is 0.526. The number of carboxylic acids is 1. The van der Waals surface area contributed by atoms with Crippen LogP contribution in [0.2, 0.25) is 0 Å². The molecule has 1 atom stereocenters. The maximum atomic E-state index is 10.6. The van der Waals surface area contributed by atoms with Crippen molar-refractivity contribution in [3.8, 4) is 5.75 Å². The topological polar surface area (TPSA) is 101 Å². The van der Waals surface area contributed by atoms with Gasteiger partial charge in [0.2, 0.25) is 0 Å². The second-order valence-corrected chi connectivity index (χ2v) is 3.72. The number of ether oxygens (including phenoxy) is 1. The number of nitrogens with one attached hydrogen (secondary N) is 1. The molecule has 0 amide bonds. The van der Waals surface area contributed by atoms with Crippen molar-refractivity contribution in [1.82, 2.24) is 9.97 Å². The van der Waals surface area contributed by atoms with Crippen molar-refractivity contribution >= 4 is 17.0 Å². The predicted molar refractivity (Wildman–Crippen MR) is 62.0 cm³/mol. The fourth-order valence-corrected chi connectivity index (χ4v) is 1.56. The molecule has 1 unspecified atom stereocenters. The molecule has 0 radical (unpaired) electrons. The molecule has 0 aliphatic heterocycles. The van der Waals surface area contributed by atoms with Crippen LogP contribution >= 0.6 is 0 Å². The number of hydrogen-bond donors (Lipinski definition) is 3. The molecule has 17 heavy (non-hydrogen) atoms. The summed E-state index contributed by atoms with van der Waals surface area (Å²) in [5.41, 5.74) is 7.01. The molecule has 6 heteroatoms. The second kappa shape index (κ2) is 4.42. The van der Waals surface area contributed by atoms with Gasteiger partial charge in [-0.15, -0.1) is 0 Å². The van der Waals surface area contributed by atoms with Crippen LogP contribution in [0.5, 0.6) is 5.75 Å². The second-order valence-electron chi connectivity index (χ2n) is 3.72. The van der Waals surface area contributed by atoms with E-state index in [2.05, 4.69) is 9.97 Å². The zero-order chi connectivity index (χ0) is 12.4. The molecule has 1 aromatic carbocycles. The number of carbonyl (C=O) groups is 1. The summed E-state index contributed by atoms with van der Waals surface area (Å²) in [6.45, 7) is 0. The van der Waals surface area contributed by atoms with Gasteiger partial charge in [0.25, 0.3) is 0 Å². The van der Waals surface area contributed by atoms with Crippen molar-refractivity contribution in [2.24, 2.45) is 5.73 Å². The lowest BCUT2D eigenvalue weighted by atomic mass is 10.2. The van der Waals surface area contributed by atoms with E-state index in [1.165, 1.54) is 0 Å². The quantitative estimate of drug-likeness (QED) is 0.717. The number of benzene rings is 1. The van der Waals surface area contributed by atoms with Gasteiger partial charge in [-0.25, -0.2) is 4.98 Å². The SMILES string of the molecule is COc1ccc2nc(CC(N)C(=O)O)[nH]c2c1. The third kappa shape index (κ3) is 2.36. The van der Waals surface area contributed by atoms with Crippen molar-refractivity contribution in [2.75, 3.05) is 7.11 Å². The Kier molecular flexibility index (Phi) is 2.97. The molecular weight excluding hydrogens is 222 g/mol. The first kappa shape index (κ1) is 11.4. The van der Waals surface area contributed by atoms with Gasteiger partial charge in [-0.1, -0.05) is 0 Å². The number of H-pyrrole nitrogens is 1. The average molecular weight is 235 g/mol. The molecular formula is C11H13N3O3. The minimum atomic E-state index is -1.04. The van der Waals surface area contributed by atoms with Gasteiger partial charge < -0.3 is 20.6 Å². The summed E-state index contributed by atoms with van der Waals surface area (Å²) in [5.74, 6) is 0.237. The Morgan fingerprint density at radius 2 is 2.41 bits per heavy atom. The molecule has 2 rings (SSSR count). The maximum absolute atomic E-state index is 10.6. The van der Waals surface area contributed by atoms with E-state index in [1.807, 2.05) is 0 Å². The molecule has 4 N–H and O–H groups in total. The van der Waals surface area contributed by atoms with Gasteiger partial charge in [0, 0.05) is 12.5 Å². The normalized spacial score (nSPS) is 12.6. The van der Waals surface area contributed by atoms with Gasteiger partial charge in [-0.3, -0.25) is 4.79 Å². The van der Waals surface area contributed by atoms with Crippen molar-refractivity contribution < 1.29 is 14.6 Å². The molecule has 6 nitrogen and oxygen atoms in total. The first-order valence-corrected chi connectivity index (χ1v) is 5.11. The molecule has 0 aliphatic carbocycles. The van der Waals surface area contributed by atoms with E-state index in [-0.39, 0.29) is 6.42 Å². The molecule has 0 fully saturated rings. The van der Waals surface area contributed by atoms with E-state index in [1.54, 1.807) is 25.3 Å². The number of aromatic amines is 1. The number of carboxylic acid groups (broad SMARTS) is 1. The van der Waals surface area contributed by atoms with Gasteiger partial charge in [0.15, 0.2) is 0 Å². The highest BCUT2D eigenvalue weighted by atomic mass is 16.5. The zero-order valence-electron chi connectivity index (χ0n) is 9.30. The van der Waals surface area contributed by atoms with Gasteiger partial charge in [0.1, 0.15) is 17.6 Å². The van der Waals surface area contributed by atoms with E-state index in [0.29, 0.717) is 5.82 Å².